The van der Waals surface area contributed by atoms with Crippen molar-refractivity contribution in [3.05, 3.63) is 35.5 Å². The molecule has 0 fully saturated rings. The molecule has 1 unspecified atom stereocenters. The molecule has 1 aromatic heterocycles. The van der Waals surface area contributed by atoms with E-state index in [1.807, 2.05) is 12.3 Å². The maximum absolute atomic E-state index is 12.4. The fourth-order valence-electron chi connectivity index (χ4n) is 1.75. The lowest BCUT2D eigenvalue weighted by Crippen LogP contribution is -2.37. The molecule has 6 nitrogen and oxygen atoms in total. The minimum Gasteiger partial charge on any atom is -0.323 e. The predicted octanol–water partition coefficient (Wildman–Crippen LogP) is 3.42. The fourth-order valence-corrected chi connectivity index (χ4v) is 2.47. The molecular weight excluding hydrogens is 407 g/mol. The number of rotatable bonds is 5. The zero-order valence-electron chi connectivity index (χ0n) is 14.2. The number of nitrogens with zero attached hydrogens (tertiary/aromatic N) is 1. The highest BCUT2D eigenvalue weighted by Gasteiger charge is 2.44. The van der Waals surface area contributed by atoms with Crippen molar-refractivity contribution in [3.63, 3.8) is 0 Å². The molecule has 0 saturated heterocycles. The van der Waals surface area contributed by atoms with Gasteiger partial charge in [-0.25, -0.2) is 4.98 Å². The summed E-state index contributed by atoms with van der Waals surface area (Å²) in [5.74, 6) is -3.90. The van der Waals surface area contributed by atoms with Gasteiger partial charge in [-0.15, -0.1) is 22.9 Å². The molecule has 0 radical (unpaired) electrons. The number of ketones is 1. The van der Waals surface area contributed by atoms with Crippen LogP contribution < -0.4 is 10.6 Å². The second-order valence-corrected chi connectivity index (χ2v) is 6.35. The molecule has 148 valence electrons. The van der Waals surface area contributed by atoms with Gasteiger partial charge in [-0.1, -0.05) is 19.1 Å². The Bertz CT molecular complexity index is 718. The number of alkyl halides is 4. The number of allylic oxidation sites excluding steroid dienone is 4. The van der Waals surface area contributed by atoms with Crippen LogP contribution in [0.25, 0.3) is 0 Å². The van der Waals surface area contributed by atoms with Crippen LogP contribution in [0, 0.1) is 5.92 Å². The number of Topliss-reactive ketones (excluding diaryl/α,β-unsaturated/α-hetero) is 1. The van der Waals surface area contributed by atoms with E-state index in [-0.39, 0.29) is 23.9 Å². The first-order valence-corrected chi connectivity index (χ1v) is 9.15. The van der Waals surface area contributed by atoms with Crippen molar-refractivity contribution < 1.29 is 27.6 Å². The third kappa shape index (κ3) is 7.92. The van der Waals surface area contributed by atoms with Gasteiger partial charge in [-0.3, -0.25) is 14.4 Å². The van der Waals surface area contributed by atoms with Crippen molar-refractivity contribution >= 4 is 45.7 Å². The van der Waals surface area contributed by atoms with E-state index in [1.165, 1.54) is 11.3 Å². The second kappa shape index (κ2) is 10.8. The zero-order valence-corrected chi connectivity index (χ0v) is 15.7. The molecule has 0 bridgehead atoms. The quantitative estimate of drug-likeness (QED) is 0.710. The van der Waals surface area contributed by atoms with Crippen LogP contribution >= 0.6 is 22.9 Å². The molecule has 27 heavy (non-hydrogen) atoms. The first-order chi connectivity index (χ1) is 12.7. The summed E-state index contributed by atoms with van der Waals surface area (Å²) >= 11 is 6.72. The highest BCUT2D eigenvalue weighted by atomic mass is 35.5. The molecule has 11 heteroatoms. The highest BCUT2D eigenvalue weighted by molar-refractivity contribution is 7.13. The van der Waals surface area contributed by atoms with Crippen molar-refractivity contribution in [2.24, 2.45) is 5.92 Å². The smallest absolute Gasteiger partial charge is 0.323 e. The highest BCUT2D eigenvalue weighted by Crippen LogP contribution is 2.31. The van der Waals surface area contributed by atoms with Crippen LogP contribution in [0.3, 0.4) is 0 Å². The van der Waals surface area contributed by atoms with E-state index in [9.17, 15) is 27.6 Å². The lowest BCUT2D eigenvalue weighted by Gasteiger charge is -2.20. The molecule has 1 aliphatic carbocycles. The zero-order chi connectivity index (χ0) is 20.4. The van der Waals surface area contributed by atoms with Gasteiger partial charge in [0, 0.05) is 30.3 Å². The Morgan fingerprint density at radius 2 is 2.00 bits per heavy atom. The Morgan fingerprint density at radius 3 is 2.52 bits per heavy atom. The Morgan fingerprint density at radius 1 is 1.30 bits per heavy atom. The summed E-state index contributed by atoms with van der Waals surface area (Å²) in [7, 11) is 0. The van der Waals surface area contributed by atoms with E-state index in [0.29, 0.717) is 11.6 Å². The van der Waals surface area contributed by atoms with E-state index in [0.717, 1.165) is 18.2 Å². The third-order valence-corrected chi connectivity index (χ3v) is 3.94. The lowest BCUT2D eigenvalue weighted by molar-refractivity contribution is -0.169. The van der Waals surface area contributed by atoms with Crippen LogP contribution in [-0.2, 0) is 14.4 Å². The number of hydrogen-bond donors (Lipinski definition) is 2. The van der Waals surface area contributed by atoms with E-state index in [2.05, 4.69) is 15.6 Å². The lowest BCUT2D eigenvalue weighted by atomic mass is 9.96. The molecule has 0 aromatic carbocycles. The van der Waals surface area contributed by atoms with Gasteiger partial charge < -0.3 is 10.6 Å². The molecule has 0 saturated carbocycles. The van der Waals surface area contributed by atoms with Gasteiger partial charge in [0.1, 0.15) is 5.92 Å². The molecule has 2 amide bonds. The average Bonchev–Trinajstić information content (AvgIpc) is 3.09. The number of thiazole rings is 1. The molecule has 1 aromatic rings. The standard InChI is InChI=1S/C10H9ClF3NO2.C6H8N2OS/c11-5-4-8(16)15-7-3-1-2-6(9(7)17)10(12,13)14;1-2-5(9)8-6-7-3-4-10-6/h1-3,6H,4-5H2,(H,15,16);3-4H,2H2,1H3,(H,7,8,9). The van der Waals surface area contributed by atoms with Crippen LogP contribution in [0.5, 0.6) is 0 Å². The molecule has 1 heterocycles. The number of aromatic nitrogens is 1. The van der Waals surface area contributed by atoms with Crippen molar-refractivity contribution in [2.75, 3.05) is 11.2 Å². The topological polar surface area (TPSA) is 88.2 Å². The SMILES string of the molecule is CCC(=O)Nc1nccs1.O=C(CCCl)NC1=CC=CC(C(F)(F)F)C1=O. The van der Waals surface area contributed by atoms with Crippen LogP contribution in [0.1, 0.15) is 19.8 Å². The number of anilines is 1. The van der Waals surface area contributed by atoms with Gasteiger partial charge in [0.15, 0.2) is 10.9 Å². The molecule has 1 atom stereocenters. The van der Waals surface area contributed by atoms with Gasteiger partial charge in [-0.2, -0.15) is 13.2 Å². The monoisotopic (exact) mass is 423 g/mol. The molecular formula is C16H17ClF3N3O3S. The van der Waals surface area contributed by atoms with Crippen LogP contribution in [0.15, 0.2) is 35.5 Å². The number of nitrogens with one attached hydrogen (secondary N) is 2. The predicted molar refractivity (Wildman–Crippen MR) is 96.3 cm³/mol. The minimum absolute atomic E-state index is 0.00921. The first kappa shape index (κ1) is 22.8. The summed E-state index contributed by atoms with van der Waals surface area (Å²) in [5, 5.41) is 7.25. The number of carbonyl (C=O) groups excluding carboxylic acids is 3. The second-order valence-electron chi connectivity index (χ2n) is 5.07. The van der Waals surface area contributed by atoms with E-state index < -0.39 is 23.8 Å². The first-order valence-electron chi connectivity index (χ1n) is 7.73. The maximum Gasteiger partial charge on any atom is 0.402 e. The summed E-state index contributed by atoms with van der Waals surface area (Å²) < 4.78 is 37.3. The molecule has 0 aliphatic heterocycles. The number of halogens is 4. The molecule has 0 spiro atoms. The van der Waals surface area contributed by atoms with Crippen LogP contribution in [0.4, 0.5) is 18.3 Å². The minimum atomic E-state index is -4.65. The summed E-state index contributed by atoms with van der Waals surface area (Å²) in [5.41, 5.74) is -0.357. The average molecular weight is 424 g/mol. The number of amides is 2. The van der Waals surface area contributed by atoms with Crippen LogP contribution in [0.2, 0.25) is 0 Å². The third-order valence-electron chi connectivity index (χ3n) is 3.06. The Kier molecular flexibility index (Phi) is 9.16. The summed E-state index contributed by atoms with van der Waals surface area (Å²) in [6.07, 6.45) is 0.429. The van der Waals surface area contributed by atoms with Crippen molar-refractivity contribution in [3.8, 4) is 0 Å². The van der Waals surface area contributed by atoms with E-state index in [4.69, 9.17) is 11.6 Å². The summed E-state index contributed by atoms with van der Waals surface area (Å²) in [4.78, 5) is 37.2. The van der Waals surface area contributed by atoms with Crippen molar-refractivity contribution in [1.82, 2.24) is 10.3 Å². The Labute approximate surface area is 162 Å². The molecule has 1 aliphatic rings. The normalized spacial score (nSPS) is 16.1. The molecule has 2 rings (SSSR count). The van der Waals surface area contributed by atoms with Crippen molar-refractivity contribution in [1.29, 1.82) is 0 Å². The van der Waals surface area contributed by atoms with Gasteiger partial charge in [0.05, 0.1) is 5.70 Å². The van der Waals surface area contributed by atoms with Crippen LogP contribution in [-0.4, -0.2) is 34.6 Å². The maximum atomic E-state index is 12.4. The molecule has 2 N–H and O–H groups in total. The summed E-state index contributed by atoms with van der Waals surface area (Å²) in [6.45, 7) is 1.81. The number of carbonyl (C=O) groups is 3. The van der Waals surface area contributed by atoms with E-state index in [1.54, 1.807) is 6.20 Å². The van der Waals surface area contributed by atoms with Gasteiger partial charge in [0.2, 0.25) is 11.8 Å². The van der Waals surface area contributed by atoms with Gasteiger partial charge in [0.25, 0.3) is 0 Å². The van der Waals surface area contributed by atoms with Gasteiger partial charge in [-0.05, 0) is 6.08 Å². The largest absolute Gasteiger partial charge is 0.402 e. The Hall–Kier alpha value is -2.20. The summed E-state index contributed by atoms with van der Waals surface area (Å²) in [6, 6.07) is 0. The fraction of sp³-hybridized carbons (Fsp3) is 0.375. The number of hydrogen-bond acceptors (Lipinski definition) is 5. The van der Waals surface area contributed by atoms with E-state index >= 15 is 0 Å². The Balaban J connectivity index is 0.000000309. The van der Waals surface area contributed by atoms with Gasteiger partial charge >= 0.3 is 6.18 Å². The van der Waals surface area contributed by atoms with Crippen molar-refractivity contribution in [2.45, 2.75) is 25.9 Å².